The Hall–Kier alpha value is -1.92. The quantitative estimate of drug-likeness (QED) is 0.785. The molecule has 0 saturated carbocycles. The van der Waals surface area contributed by atoms with E-state index >= 15 is 0 Å². The highest BCUT2D eigenvalue weighted by molar-refractivity contribution is 5.91. The molecule has 1 aromatic rings. The van der Waals surface area contributed by atoms with Crippen LogP contribution in [0.1, 0.15) is 10.4 Å². The molecule has 4 nitrogen and oxygen atoms in total. The summed E-state index contributed by atoms with van der Waals surface area (Å²) < 4.78 is 40.0. The summed E-state index contributed by atoms with van der Waals surface area (Å²) >= 11 is 0. The van der Waals surface area contributed by atoms with Crippen molar-refractivity contribution in [1.29, 1.82) is 0 Å². The number of carboxylic acid groups (broad SMARTS) is 1. The van der Waals surface area contributed by atoms with Gasteiger partial charge in [-0.3, -0.25) is 0 Å². The van der Waals surface area contributed by atoms with E-state index in [0.29, 0.717) is 0 Å². The van der Waals surface area contributed by atoms with Crippen molar-refractivity contribution in [2.75, 3.05) is 12.3 Å². The molecule has 0 aliphatic heterocycles. The largest absolute Gasteiger partial charge is 0.483 e. The lowest BCUT2D eigenvalue weighted by Gasteiger charge is -2.11. The zero-order valence-corrected chi connectivity index (χ0v) is 7.91. The number of hydrogen-bond donors (Lipinski definition) is 2. The second-order valence-corrected chi connectivity index (χ2v) is 2.96. The van der Waals surface area contributed by atoms with Crippen LogP contribution >= 0.6 is 0 Å². The summed E-state index contributed by atoms with van der Waals surface area (Å²) in [5, 5.41) is 8.68. The summed E-state index contributed by atoms with van der Waals surface area (Å²) in [5.41, 5.74) is 5.08. The predicted molar refractivity (Wildman–Crippen MR) is 49.4 cm³/mol. The molecule has 0 heterocycles. The van der Waals surface area contributed by atoms with Gasteiger partial charge in [-0.25, -0.2) is 4.79 Å². The van der Waals surface area contributed by atoms with E-state index in [1.54, 1.807) is 0 Å². The van der Waals surface area contributed by atoms with Crippen LogP contribution in [0.15, 0.2) is 18.2 Å². The van der Waals surface area contributed by atoms with Crippen molar-refractivity contribution in [2.45, 2.75) is 6.18 Å². The molecular weight excluding hydrogens is 227 g/mol. The lowest BCUT2D eigenvalue weighted by atomic mass is 10.2. The third kappa shape index (κ3) is 3.34. The standard InChI is InChI=1S/C9H8F3NO3/c10-9(11,12)4-16-7-3-5(13)1-2-6(7)8(14)15/h1-3H,4,13H2,(H,14,15). The summed E-state index contributed by atoms with van der Waals surface area (Å²) in [6, 6.07) is 3.39. The van der Waals surface area contributed by atoms with E-state index in [1.807, 2.05) is 0 Å². The van der Waals surface area contributed by atoms with E-state index in [1.165, 1.54) is 6.07 Å². The first kappa shape index (κ1) is 12.2. The molecule has 0 atom stereocenters. The lowest BCUT2D eigenvalue weighted by Crippen LogP contribution is -2.20. The number of ether oxygens (including phenoxy) is 1. The van der Waals surface area contributed by atoms with Gasteiger partial charge in [0.05, 0.1) is 0 Å². The summed E-state index contributed by atoms with van der Waals surface area (Å²) in [5.74, 6) is -1.78. The van der Waals surface area contributed by atoms with Gasteiger partial charge in [-0.15, -0.1) is 0 Å². The molecule has 0 aliphatic carbocycles. The number of anilines is 1. The molecule has 16 heavy (non-hydrogen) atoms. The van der Waals surface area contributed by atoms with Crippen LogP contribution in [0.5, 0.6) is 5.75 Å². The van der Waals surface area contributed by atoms with Gasteiger partial charge in [-0.05, 0) is 12.1 Å². The van der Waals surface area contributed by atoms with Gasteiger partial charge in [-0.2, -0.15) is 13.2 Å². The molecule has 0 fully saturated rings. The molecule has 1 aromatic carbocycles. The van der Waals surface area contributed by atoms with E-state index in [2.05, 4.69) is 4.74 Å². The first-order valence-electron chi connectivity index (χ1n) is 4.12. The Bertz CT molecular complexity index is 403. The van der Waals surface area contributed by atoms with Crippen LogP contribution in [0, 0.1) is 0 Å². The molecule has 88 valence electrons. The molecule has 1 rings (SSSR count). The van der Waals surface area contributed by atoms with Crippen LogP contribution in [0.4, 0.5) is 18.9 Å². The molecule has 0 spiro atoms. The Kier molecular flexibility index (Phi) is 3.26. The van der Waals surface area contributed by atoms with Gasteiger partial charge in [0, 0.05) is 11.8 Å². The number of carboxylic acids is 1. The fraction of sp³-hybridized carbons (Fsp3) is 0.222. The van der Waals surface area contributed by atoms with Gasteiger partial charge in [0.1, 0.15) is 11.3 Å². The van der Waals surface area contributed by atoms with Crippen molar-refractivity contribution < 1.29 is 27.8 Å². The highest BCUT2D eigenvalue weighted by Gasteiger charge is 2.29. The maximum atomic E-state index is 11.9. The van der Waals surface area contributed by atoms with Crippen molar-refractivity contribution >= 4 is 11.7 Å². The van der Waals surface area contributed by atoms with Crippen LogP contribution in [0.3, 0.4) is 0 Å². The Morgan fingerprint density at radius 3 is 2.56 bits per heavy atom. The molecule has 3 N–H and O–H groups in total. The minimum absolute atomic E-state index is 0.127. The molecule has 0 aromatic heterocycles. The van der Waals surface area contributed by atoms with Crippen molar-refractivity contribution in [3.8, 4) is 5.75 Å². The molecule has 0 amide bonds. The third-order valence-corrected chi connectivity index (χ3v) is 1.63. The van der Waals surface area contributed by atoms with Gasteiger partial charge < -0.3 is 15.6 Å². The average Bonchev–Trinajstić information content (AvgIpc) is 2.13. The Labute approximate surface area is 88.4 Å². The van der Waals surface area contributed by atoms with E-state index in [4.69, 9.17) is 10.8 Å². The second kappa shape index (κ2) is 4.30. The minimum atomic E-state index is -4.53. The Morgan fingerprint density at radius 1 is 1.44 bits per heavy atom. The molecule has 0 aliphatic rings. The summed E-state index contributed by atoms with van der Waals surface area (Å²) in [4.78, 5) is 10.7. The summed E-state index contributed by atoms with van der Waals surface area (Å²) in [7, 11) is 0. The zero-order chi connectivity index (χ0) is 12.3. The summed E-state index contributed by atoms with van der Waals surface area (Å²) in [6.07, 6.45) is -4.53. The highest BCUT2D eigenvalue weighted by atomic mass is 19.4. The number of alkyl halides is 3. The first-order valence-corrected chi connectivity index (χ1v) is 4.12. The first-order chi connectivity index (χ1) is 7.29. The molecule has 0 saturated heterocycles. The number of carbonyl (C=O) groups is 1. The van der Waals surface area contributed by atoms with E-state index in [9.17, 15) is 18.0 Å². The van der Waals surface area contributed by atoms with E-state index < -0.39 is 24.5 Å². The van der Waals surface area contributed by atoms with Crippen molar-refractivity contribution in [2.24, 2.45) is 0 Å². The van der Waals surface area contributed by atoms with Gasteiger partial charge in [-0.1, -0.05) is 0 Å². The predicted octanol–water partition coefficient (Wildman–Crippen LogP) is 1.91. The molecule has 0 radical (unpaired) electrons. The van der Waals surface area contributed by atoms with Crippen molar-refractivity contribution in [3.63, 3.8) is 0 Å². The summed E-state index contributed by atoms with van der Waals surface area (Å²) in [6.45, 7) is -1.56. The van der Waals surface area contributed by atoms with Crippen LogP contribution in [-0.4, -0.2) is 23.9 Å². The van der Waals surface area contributed by atoms with E-state index in [-0.39, 0.29) is 11.3 Å². The minimum Gasteiger partial charge on any atom is -0.483 e. The molecule has 0 bridgehead atoms. The van der Waals surface area contributed by atoms with Crippen LogP contribution < -0.4 is 10.5 Å². The van der Waals surface area contributed by atoms with E-state index in [0.717, 1.165) is 12.1 Å². The number of benzene rings is 1. The maximum absolute atomic E-state index is 11.9. The van der Waals surface area contributed by atoms with Crippen molar-refractivity contribution in [3.05, 3.63) is 23.8 Å². The number of aromatic carboxylic acids is 1. The maximum Gasteiger partial charge on any atom is 0.422 e. The second-order valence-electron chi connectivity index (χ2n) is 2.96. The number of rotatable bonds is 3. The monoisotopic (exact) mass is 235 g/mol. The average molecular weight is 235 g/mol. The Morgan fingerprint density at radius 2 is 2.06 bits per heavy atom. The number of hydrogen-bond acceptors (Lipinski definition) is 3. The van der Waals surface area contributed by atoms with Crippen LogP contribution in [0.2, 0.25) is 0 Å². The topological polar surface area (TPSA) is 72.6 Å². The number of halogens is 3. The fourth-order valence-corrected chi connectivity index (χ4v) is 0.995. The van der Waals surface area contributed by atoms with Crippen LogP contribution in [-0.2, 0) is 0 Å². The Balaban J connectivity index is 2.93. The fourth-order valence-electron chi connectivity index (χ4n) is 0.995. The highest BCUT2D eigenvalue weighted by Crippen LogP contribution is 2.24. The number of nitrogen functional groups attached to an aromatic ring is 1. The smallest absolute Gasteiger partial charge is 0.422 e. The molecular formula is C9H8F3NO3. The van der Waals surface area contributed by atoms with Gasteiger partial charge in [0.25, 0.3) is 0 Å². The van der Waals surface area contributed by atoms with Gasteiger partial charge >= 0.3 is 12.1 Å². The zero-order valence-electron chi connectivity index (χ0n) is 7.91. The lowest BCUT2D eigenvalue weighted by molar-refractivity contribution is -0.153. The van der Waals surface area contributed by atoms with Crippen molar-refractivity contribution in [1.82, 2.24) is 0 Å². The normalized spacial score (nSPS) is 11.2. The SMILES string of the molecule is Nc1ccc(C(=O)O)c(OCC(F)(F)F)c1. The van der Waals surface area contributed by atoms with Crippen LogP contribution in [0.25, 0.3) is 0 Å². The van der Waals surface area contributed by atoms with Gasteiger partial charge in [0.15, 0.2) is 6.61 Å². The molecule has 0 unspecified atom stereocenters. The third-order valence-electron chi connectivity index (χ3n) is 1.63. The molecule has 7 heteroatoms. The van der Waals surface area contributed by atoms with Gasteiger partial charge in [0.2, 0.25) is 0 Å². The number of nitrogens with two attached hydrogens (primary N) is 1.